The van der Waals surface area contributed by atoms with E-state index in [-0.39, 0.29) is 24.0 Å². The number of ketones is 1. The van der Waals surface area contributed by atoms with Crippen molar-refractivity contribution >= 4 is 17.7 Å². The highest BCUT2D eigenvalue weighted by atomic mass is 16.5. The summed E-state index contributed by atoms with van der Waals surface area (Å²) in [6.45, 7) is -0.154. The minimum Gasteiger partial charge on any atom is -0.496 e. The van der Waals surface area contributed by atoms with Crippen LogP contribution < -0.4 is 15.4 Å². The Morgan fingerprint density at radius 1 is 1.00 bits per heavy atom. The molecule has 7 nitrogen and oxygen atoms in total. The zero-order chi connectivity index (χ0) is 27.2. The number of carboxylic acid groups (broad SMARTS) is 1. The predicted molar refractivity (Wildman–Crippen MR) is 146 cm³/mol. The zero-order valence-corrected chi connectivity index (χ0v) is 21.9. The number of carboxylic acids is 1. The topological polar surface area (TPSA) is 105 Å². The fourth-order valence-corrected chi connectivity index (χ4v) is 7.96. The summed E-state index contributed by atoms with van der Waals surface area (Å²) in [4.78, 5) is 39.8. The minimum absolute atomic E-state index is 0.00209. The highest BCUT2D eigenvalue weighted by molar-refractivity contribution is 5.94. The molecule has 1 saturated heterocycles. The number of methoxy groups -OCH3 is 1. The van der Waals surface area contributed by atoms with Crippen LogP contribution in [0.25, 0.3) is 0 Å². The first-order valence-corrected chi connectivity index (χ1v) is 13.5. The van der Waals surface area contributed by atoms with E-state index in [9.17, 15) is 19.5 Å². The number of ether oxygens (including phenoxy) is 1. The molecule has 0 aromatic heterocycles. The van der Waals surface area contributed by atoms with Crippen LogP contribution in [0.15, 0.2) is 78.9 Å². The van der Waals surface area contributed by atoms with Gasteiger partial charge < -0.3 is 20.5 Å². The zero-order valence-electron chi connectivity index (χ0n) is 21.9. The van der Waals surface area contributed by atoms with Crippen LogP contribution in [0.1, 0.15) is 41.0 Å². The maximum Gasteiger partial charge on any atom is 0.322 e. The summed E-state index contributed by atoms with van der Waals surface area (Å²) in [6.07, 6.45) is 1.75. The van der Waals surface area contributed by atoms with E-state index in [1.807, 2.05) is 54.6 Å². The van der Waals surface area contributed by atoms with Gasteiger partial charge in [-0.2, -0.15) is 0 Å². The van der Waals surface area contributed by atoms with Gasteiger partial charge in [0.05, 0.1) is 18.6 Å². The lowest BCUT2D eigenvalue weighted by atomic mass is 9.40. The van der Waals surface area contributed by atoms with Gasteiger partial charge in [0.2, 0.25) is 5.91 Å². The number of amides is 1. The summed E-state index contributed by atoms with van der Waals surface area (Å²) >= 11 is 0. The van der Waals surface area contributed by atoms with Crippen molar-refractivity contribution in [1.82, 2.24) is 10.6 Å². The molecule has 3 aromatic rings. The lowest BCUT2D eigenvalue weighted by molar-refractivity contribution is -0.145. The largest absolute Gasteiger partial charge is 0.496 e. The molecular weight excluding hydrogens is 492 g/mol. The molecule has 5 atom stereocenters. The third-order valence-corrected chi connectivity index (χ3v) is 9.32. The van der Waals surface area contributed by atoms with E-state index in [1.54, 1.807) is 7.11 Å². The fraction of sp³-hybridized carbons (Fsp3) is 0.344. The van der Waals surface area contributed by atoms with Crippen LogP contribution in [-0.2, 0) is 26.2 Å². The molecule has 1 saturated carbocycles. The quantitative estimate of drug-likeness (QED) is 0.417. The maximum atomic E-state index is 14.2. The minimum atomic E-state index is -1.09. The number of aliphatic carboxylic acids is 1. The first-order chi connectivity index (χ1) is 18.9. The Morgan fingerprint density at radius 2 is 1.72 bits per heavy atom. The van der Waals surface area contributed by atoms with Gasteiger partial charge in [-0.3, -0.25) is 14.4 Å². The SMILES string of the molecule is COc1ccccc1CC(=O)C1NCC2(C(=O)NCC(=O)O)C3CCC(c4ccccc4)(c4ccccc43)C12. The number of fused-ring (bicyclic) bond motifs is 1. The second-order valence-electron chi connectivity index (χ2n) is 10.9. The number of nitrogens with one attached hydrogen (secondary N) is 2. The lowest BCUT2D eigenvalue weighted by Gasteiger charge is -2.61. The molecule has 39 heavy (non-hydrogen) atoms. The van der Waals surface area contributed by atoms with Crippen molar-refractivity contribution in [3.05, 3.63) is 101 Å². The molecule has 200 valence electrons. The standard InChI is InChI=1S/C32H32N2O5/c1-39-26-14-8-5-9-20(26)17-25(35)28-29-31(21-10-3-2-4-11-21)16-15-24(22-12-6-7-13-23(22)31)32(29,19-34-28)30(38)33-18-27(36)37/h2-14,24,28-29,34H,15-19H2,1H3,(H,33,38)(H,36,37). The average Bonchev–Trinajstić information content (AvgIpc) is 3.41. The maximum absolute atomic E-state index is 14.2. The van der Waals surface area contributed by atoms with E-state index in [1.165, 1.54) is 0 Å². The molecule has 1 aliphatic heterocycles. The van der Waals surface area contributed by atoms with E-state index in [0.717, 1.165) is 35.1 Å². The van der Waals surface area contributed by atoms with Crippen LogP contribution in [0, 0.1) is 11.3 Å². The highest BCUT2D eigenvalue weighted by Crippen LogP contribution is 2.69. The number of para-hydroxylation sites is 1. The summed E-state index contributed by atoms with van der Waals surface area (Å²) in [5.41, 5.74) is 2.60. The Balaban J connectivity index is 1.53. The van der Waals surface area contributed by atoms with Gasteiger partial charge in [-0.15, -0.1) is 0 Å². The molecular formula is C32H32N2O5. The van der Waals surface area contributed by atoms with Crippen LogP contribution in [0.3, 0.4) is 0 Å². The van der Waals surface area contributed by atoms with Gasteiger partial charge in [0, 0.05) is 35.8 Å². The normalized spacial score (nSPS) is 28.3. The molecule has 3 aliphatic carbocycles. The van der Waals surface area contributed by atoms with Crippen molar-refractivity contribution in [1.29, 1.82) is 0 Å². The fourth-order valence-electron chi connectivity index (χ4n) is 7.96. The Hall–Kier alpha value is -3.97. The van der Waals surface area contributed by atoms with E-state index in [2.05, 4.69) is 34.9 Å². The Labute approximate surface area is 227 Å². The molecule has 3 N–H and O–H groups in total. The van der Waals surface area contributed by atoms with Crippen LogP contribution in [0.5, 0.6) is 5.75 Å². The van der Waals surface area contributed by atoms with Crippen LogP contribution >= 0.6 is 0 Å². The second-order valence-corrected chi connectivity index (χ2v) is 10.9. The van der Waals surface area contributed by atoms with Crippen molar-refractivity contribution in [3.63, 3.8) is 0 Å². The number of carbonyl (C=O) groups is 3. The van der Waals surface area contributed by atoms with Gasteiger partial charge in [0.15, 0.2) is 5.78 Å². The number of hydrogen-bond acceptors (Lipinski definition) is 5. The van der Waals surface area contributed by atoms with Gasteiger partial charge >= 0.3 is 5.97 Å². The lowest BCUT2D eigenvalue weighted by Crippen LogP contribution is -2.64. The monoisotopic (exact) mass is 524 g/mol. The first kappa shape index (κ1) is 25.3. The summed E-state index contributed by atoms with van der Waals surface area (Å²) in [7, 11) is 1.59. The summed E-state index contributed by atoms with van der Waals surface area (Å²) in [5.74, 6) is -1.26. The van der Waals surface area contributed by atoms with E-state index < -0.39 is 35.3 Å². The predicted octanol–water partition coefficient (Wildman–Crippen LogP) is 3.46. The first-order valence-electron chi connectivity index (χ1n) is 13.5. The molecule has 0 radical (unpaired) electrons. The molecule has 2 fully saturated rings. The van der Waals surface area contributed by atoms with E-state index >= 15 is 0 Å². The van der Waals surface area contributed by atoms with Crippen molar-refractivity contribution in [2.45, 2.75) is 36.6 Å². The smallest absolute Gasteiger partial charge is 0.322 e. The molecule has 3 aromatic carbocycles. The van der Waals surface area contributed by atoms with Gasteiger partial charge in [-0.25, -0.2) is 0 Å². The summed E-state index contributed by atoms with van der Waals surface area (Å²) in [6, 6.07) is 25.4. The summed E-state index contributed by atoms with van der Waals surface area (Å²) < 4.78 is 5.52. The third kappa shape index (κ3) is 3.71. The van der Waals surface area contributed by atoms with E-state index in [4.69, 9.17) is 4.74 Å². The third-order valence-electron chi connectivity index (χ3n) is 9.32. The second kappa shape index (κ2) is 9.65. The Bertz CT molecular complexity index is 1440. The molecule has 0 spiro atoms. The number of benzene rings is 3. The van der Waals surface area contributed by atoms with Crippen LogP contribution in [0.4, 0.5) is 0 Å². The van der Waals surface area contributed by atoms with Gasteiger partial charge in [-0.1, -0.05) is 72.8 Å². The average molecular weight is 525 g/mol. The van der Waals surface area contributed by atoms with Crippen LogP contribution in [0.2, 0.25) is 0 Å². The van der Waals surface area contributed by atoms with Crippen molar-refractivity contribution < 1.29 is 24.2 Å². The molecule has 2 bridgehead atoms. The molecule has 7 heteroatoms. The highest BCUT2D eigenvalue weighted by Gasteiger charge is 2.71. The number of Topliss-reactive ketones (excluding diaryl/α,β-unsaturated/α-hetero) is 1. The number of hydrogen-bond donors (Lipinski definition) is 3. The molecule has 1 heterocycles. The van der Waals surface area contributed by atoms with E-state index in [0.29, 0.717) is 12.3 Å². The molecule has 1 amide bonds. The van der Waals surface area contributed by atoms with Crippen molar-refractivity contribution in [2.75, 3.05) is 20.2 Å². The van der Waals surface area contributed by atoms with Gasteiger partial charge in [-0.05, 0) is 35.6 Å². The molecule has 7 rings (SSSR count). The number of carbonyl (C=O) groups excluding carboxylic acids is 2. The Kier molecular flexibility index (Phi) is 6.26. The van der Waals surface area contributed by atoms with Crippen molar-refractivity contribution in [2.24, 2.45) is 11.3 Å². The number of rotatable bonds is 8. The molecule has 4 aliphatic rings. The Morgan fingerprint density at radius 3 is 2.49 bits per heavy atom. The van der Waals surface area contributed by atoms with Gasteiger partial charge in [0.25, 0.3) is 0 Å². The van der Waals surface area contributed by atoms with Gasteiger partial charge in [0.1, 0.15) is 12.3 Å². The van der Waals surface area contributed by atoms with Crippen molar-refractivity contribution in [3.8, 4) is 5.75 Å². The molecule has 5 unspecified atom stereocenters. The van der Waals surface area contributed by atoms with Crippen LogP contribution in [-0.4, -0.2) is 49.0 Å². The summed E-state index contributed by atoms with van der Waals surface area (Å²) in [5, 5.41) is 15.6.